The van der Waals surface area contributed by atoms with Crippen LogP contribution in [0.3, 0.4) is 0 Å². The van der Waals surface area contributed by atoms with Crippen molar-refractivity contribution in [1.29, 1.82) is 0 Å². The molecule has 1 atom stereocenters. The summed E-state index contributed by atoms with van der Waals surface area (Å²) < 4.78 is 2.00. The van der Waals surface area contributed by atoms with E-state index in [1.807, 2.05) is 47.0 Å². The molecule has 0 bridgehead atoms. The molecule has 2 aromatic heterocycles. The Morgan fingerprint density at radius 2 is 1.77 bits per heavy atom. The second-order valence-corrected chi connectivity index (χ2v) is 7.35. The van der Waals surface area contributed by atoms with Gasteiger partial charge >= 0.3 is 6.03 Å². The summed E-state index contributed by atoms with van der Waals surface area (Å²) in [4.78, 5) is 37.5. The topological polar surface area (TPSA) is 95.4 Å². The molecule has 3 amide bonds. The number of benzene rings is 1. The van der Waals surface area contributed by atoms with E-state index in [-0.39, 0.29) is 11.9 Å². The molecule has 1 aliphatic heterocycles. The fourth-order valence-corrected chi connectivity index (χ4v) is 3.56. The minimum atomic E-state index is -0.660. The fourth-order valence-electron chi connectivity index (χ4n) is 3.56. The largest absolute Gasteiger partial charge is 0.350 e. The number of nitrogens with zero attached hydrogens (tertiary/aromatic N) is 5. The highest BCUT2D eigenvalue weighted by molar-refractivity contribution is 6.04. The normalized spacial score (nSPS) is 15.1. The van der Waals surface area contributed by atoms with Gasteiger partial charge in [0.1, 0.15) is 6.04 Å². The van der Waals surface area contributed by atoms with Crippen molar-refractivity contribution in [2.75, 3.05) is 36.4 Å². The van der Waals surface area contributed by atoms with Crippen molar-refractivity contribution in [2.24, 2.45) is 7.05 Å². The SMILES string of the molecule is CC(NC(=O)N1CCN(c2ncccn2)CC1)C(=O)Nc1cccc2c1ccn2C. The summed E-state index contributed by atoms with van der Waals surface area (Å²) in [5, 5.41) is 6.69. The lowest BCUT2D eigenvalue weighted by Gasteiger charge is -2.35. The first-order chi connectivity index (χ1) is 14.5. The molecular weight excluding hydrogens is 382 g/mol. The highest BCUT2D eigenvalue weighted by atomic mass is 16.2. The summed E-state index contributed by atoms with van der Waals surface area (Å²) >= 11 is 0. The van der Waals surface area contributed by atoms with Gasteiger partial charge in [-0.15, -0.1) is 0 Å². The molecule has 4 rings (SSSR count). The molecular formula is C21H25N7O2. The van der Waals surface area contributed by atoms with E-state index in [1.165, 1.54) is 0 Å². The van der Waals surface area contributed by atoms with Gasteiger partial charge in [-0.25, -0.2) is 14.8 Å². The van der Waals surface area contributed by atoms with Crippen molar-refractivity contribution in [3.63, 3.8) is 0 Å². The Kier molecular flexibility index (Phi) is 5.51. The molecule has 0 radical (unpaired) electrons. The van der Waals surface area contributed by atoms with Crippen LogP contribution in [0.1, 0.15) is 6.92 Å². The maximum Gasteiger partial charge on any atom is 0.318 e. The molecule has 1 saturated heterocycles. The second kappa shape index (κ2) is 8.40. The summed E-state index contributed by atoms with van der Waals surface area (Å²) in [5.74, 6) is 0.413. The van der Waals surface area contributed by atoms with Crippen LogP contribution in [-0.4, -0.2) is 63.6 Å². The summed E-state index contributed by atoms with van der Waals surface area (Å²) in [6.45, 7) is 4.07. The first-order valence-corrected chi connectivity index (χ1v) is 9.95. The van der Waals surface area contributed by atoms with Crippen LogP contribution in [0.15, 0.2) is 48.9 Å². The highest BCUT2D eigenvalue weighted by Crippen LogP contribution is 2.24. The first kappa shape index (κ1) is 19.7. The van der Waals surface area contributed by atoms with Crippen molar-refractivity contribution >= 4 is 34.5 Å². The Morgan fingerprint density at radius 1 is 1.03 bits per heavy atom. The molecule has 0 spiro atoms. The minimum Gasteiger partial charge on any atom is -0.350 e. The molecule has 30 heavy (non-hydrogen) atoms. The lowest BCUT2D eigenvalue weighted by Crippen LogP contribution is -2.55. The Bertz CT molecular complexity index is 1040. The molecule has 9 nitrogen and oxygen atoms in total. The first-order valence-electron chi connectivity index (χ1n) is 9.95. The Labute approximate surface area is 174 Å². The van der Waals surface area contributed by atoms with E-state index in [0.29, 0.717) is 32.1 Å². The van der Waals surface area contributed by atoms with E-state index in [9.17, 15) is 9.59 Å². The zero-order chi connectivity index (χ0) is 21.1. The molecule has 2 N–H and O–H groups in total. The van der Waals surface area contributed by atoms with Gasteiger partial charge in [-0.1, -0.05) is 6.07 Å². The number of carbonyl (C=O) groups is 2. The zero-order valence-electron chi connectivity index (χ0n) is 17.1. The number of nitrogens with one attached hydrogen (secondary N) is 2. The maximum atomic E-state index is 12.6. The van der Waals surface area contributed by atoms with E-state index >= 15 is 0 Å². The van der Waals surface area contributed by atoms with Crippen molar-refractivity contribution in [3.8, 4) is 0 Å². The molecule has 0 saturated carbocycles. The minimum absolute atomic E-state index is 0.246. The van der Waals surface area contributed by atoms with Gasteiger partial charge in [-0.2, -0.15) is 0 Å². The van der Waals surface area contributed by atoms with Crippen LogP contribution in [0, 0.1) is 0 Å². The lowest BCUT2D eigenvalue weighted by atomic mass is 10.2. The molecule has 1 aliphatic rings. The number of urea groups is 1. The number of carbonyl (C=O) groups excluding carboxylic acids is 2. The van der Waals surface area contributed by atoms with Crippen molar-refractivity contribution < 1.29 is 9.59 Å². The Hall–Kier alpha value is -3.62. The average molecular weight is 407 g/mol. The molecule has 3 aromatic rings. The number of fused-ring (bicyclic) bond motifs is 1. The standard InChI is InChI=1S/C21H25N7O2/c1-15(19(29)25-17-5-3-6-18-16(17)7-10-26(18)2)24-21(30)28-13-11-27(12-14-28)20-22-8-4-9-23-20/h3-10,15H,11-14H2,1-2H3,(H,24,30)(H,25,29). The van der Waals surface area contributed by atoms with E-state index in [2.05, 4.69) is 20.6 Å². The number of aryl methyl sites for hydroxylation is 1. The van der Waals surface area contributed by atoms with E-state index in [1.54, 1.807) is 30.3 Å². The zero-order valence-corrected chi connectivity index (χ0v) is 17.1. The van der Waals surface area contributed by atoms with Crippen LogP contribution in [0.5, 0.6) is 0 Å². The predicted octanol–water partition coefficient (Wildman–Crippen LogP) is 1.83. The van der Waals surface area contributed by atoms with Gasteiger partial charge in [0.2, 0.25) is 11.9 Å². The van der Waals surface area contributed by atoms with Crippen molar-refractivity contribution in [3.05, 3.63) is 48.9 Å². The molecule has 9 heteroatoms. The quantitative estimate of drug-likeness (QED) is 0.688. The second-order valence-electron chi connectivity index (χ2n) is 7.35. The van der Waals surface area contributed by atoms with Crippen LogP contribution < -0.4 is 15.5 Å². The fraction of sp³-hybridized carbons (Fsp3) is 0.333. The van der Waals surface area contributed by atoms with Crippen LogP contribution in [0.25, 0.3) is 10.9 Å². The van der Waals surface area contributed by atoms with E-state index in [0.717, 1.165) is 16.6 Å². The summed E-state index contributed by atoms with van der Waals surface area (Å²) in [5.41, 5.74) is 1.76. The number of hydrogen-bond donors (Lipinski definition) is 2. The van der Waals surface area contributed by atoms with Crippen LogP contribution >= 0.6 is 0 Å². The van der Waals surface area contributed by atoms with Gasteiger partial charge in [0.25, 0.3) is 0 Å². The lowest BCUT2D eigenvalue weighted by molar-refractivity contribution is -0.117. The molecule has 3 heterocycles. The van der Waals surface area contributed by atoms with Gasteiger partial charge in [0.05, 0.1) is 5.69 Å². The van der Waals surface area contributed by atoms with Crippen molar-refractivity contribution in [2.45, 2.75) is 13.0 Å². The highest BCUT2D eigenvalue weighted by Gasteiger charge is 2.25. The number of hydrogen-bond acceptors (Lipinski definition) is 5. The number of rotatable bonds is 4. The molecule has 156 valence electrons. The van der Waals surface area contributed by atoms with Crippen LogP contribution in [-0.2, 0) is 11.8 Å². The van der Waals surface area contributed by atoms with Gasteiger partial charge in [0, 0.05) is 62.7 Å². The van der Waals surface area contributed by atoms with Gasteiger partial charge in [-0.3, -0.25) is 4.79 Å². The number of aromatic nitrogens is 3. The number of amides is 3. The molecule has 1 unspecified atom stereocenters. The summed E-state index contributed by atoms with van der Waals surface area (Å²) in [6, 6.07) is 8.59. The molecule has 1 aromatic carbocycles. The smallest absolute Gasteiger partial charge is 0.318 e. The maximum absolute atomic E-state index is 12.6. The monoisotopic (exact) mass is 407 g/mol. The number of piperazine rings is 1. The Morgan fingerprint density at radius 3 is 2.50 bits per heavy atom. The summed E-state index contributed by atoms with van der Waals surface area (Å²) in [6.07, 6.45) is 5.36. The predicted molar refractivity (Wildman–Crippen MR) is 115 cm³/mol. The van der Waals surface area contributed by atoms with Gasteiger partial charge in [0.15, 0.2) is 0 Å². The van der Waals surface area contributed by atoms with Crippen LogP contribution in [0.2, 0.25) is 0 Å². The average Bonchev–Trinajstić information content (AvgIpc) is 3.16. The molecule has 0 aliphatic carbocycles. The molecule has 1 fully saturated rings. The summed E-state index contributed by atoms with van der Waals surface area (Å²) in [7, 11) is 1.96. The van der Waals surface area contributed by atoms with Crippen molar-refractivity contribution in [1.82, 2.24) is 24.8 Å². The van der Waals surface area contributed by atoms with Gasteiger partial charge in [-0.05, 0) is 31.2 Å². The third-order valence-corrected chi connectivity index (χ3v) is 5.32. The van der Waals surface area contributed by atoms with Crippen LogP contribution in [0.4, 0.5) is 16.4 Å². The van der Waals surface area contributed by atoms with E-state index < -0.39 is 6.04 Å². The number of anilines is 2. The third-order valence-electron chi connectivity index (χ3n) is 5.32. The van der Waals surface area contributed by atoms with E-state index in [4.69, 9.17) is 0 Å². The Balaban J connectivity index is 1.31. The third kappa shape index (κ3) is 4.05. The van der Waals surface area contributed by atoms with Gasteiger partial charge < -0.3 is 25.0 Å².